The third-order valence-corrected chi connectivity index (χ3v) is 2.33. The molecule has 86 valence electrons. The predicted octanol–water partition coefficient (Wildman–Crippen LogP) is 0.936. The number of hydrogen-bond donors (Lipinski definition) is 3. The average Bonchev–Trinajstić information content (AvgIpc) is 3.02. The van der Waals surface area contributed by atoms with E-state index in [-0.39, 0.29) is 0 Å². The van der Waals surface area contributed by atoms with Gasteiger partial charge in [-0.2, -0.15) is 0 Å². The van der Waals surface area contributed by atoms with Crippen LogP contribution in [-0.2, 0) is 4.79 Å². The first-order valence-electron chi connectivity index (χ1n) is 5.23. The van der Waals surface area contributed by atoms with Crippen molar-refractivity contribution in [2.75, 3.05) is 10.6 Å². The summed E-state index contributed by atoms with van der Waals surface area (Å²) in [6.07, 6.45) is 3.75. The number of nitrogens with one attached hydrogen (secondary N) is 2. The van der Waals surface area contributed by atoms with E-state index in [1.165, 1.54) is 6.33 Å². The van der Waals surface area contributed by atoms with Crippen LogP contribution < -0.4 is 10.6 Å². The van der Waals surface area contributed by atoms with E-state index in [0.29, 0.717) is 11.9 Å². The van der Waals surface area contributed by atoms with Crippen LogP contribution in [0.2, 0.25) is 0 Å². The van der Waals surface area contributed by atoms with Crippen molar-refractivity contribution in [2.45, 2.75) is 31.8 Å². The smallest absolute Gasteiger partial charge is 0.325 e. The minimum absolute atomic E-state index is 0.514. The second-order valence-corrected chi connectivity index (χ2v) is 3.91. The number of carboxylic acids is 1. The standard InChI is InChI=1S/C10H14N4O2/c1-6(10(15)16)13-8-4-9(12-5-11-8)14-7-2-3-7/h4-7H,2-3H2,1H3,(H,15,16)(H2,11,12,13,14)/t6-/m1/s1. The second kappa shape index (κ2) is 4.34. The van der Waals surface area contributed by atoms with Crippen LogP contribution in [0.5, 0.6) is 0 Å². The van der Waals surface area contributed by atoms with Crippen molar-refractivity contribution in [3.05, 3.63) is 12.4 Å². The first kappa shape index (κ1) is 10.7. The van der Waals surface area contributed by atoms with E-state index in [2.05, 4.69) is 20.6 Å². The number of rotatable bonds is 5. The van der Waals surface area contributed by atoms with Gasteiger partial charge in [-0.05, 0) is 19.8 Å². The monoisotopic (exact) mass is 222 g/mol. The van der Waals surface area contributed by atoms with Crippen LogP contribution in [0.1, 0.15) is 19.8 Å². The highest BCUT2D eigenvalue weighted by molar-refractivity contribution is 5.76. The Kier molecular flexibility index (Phi) is 2.89. The number of aromatic nitrogens is 2. The fraction of sp³-hybridized carbons (Fsp3) is 0.500. The van der Waals surface area contributed by atoms with Crippen LogP contribution in [-0.4, -0.2) is 33.1 Å². The number of anilines is 2. The van der Waals surface area contributed by atoms with Gasteiger partial charge in [0.1, 0.15) is 24.0 Å². The summed E-state index contributed by atoms with van der Waals surface area (Å²) < 4.78 is 0. The average molecular weight is 222 g/mol. The topological polar surface area (TPSA) is 87.1 Å². The summed E-state index contributed by atoms with van der Waals surface area (Å²) in [4.78, 5) is 18.7. The number of carbonyl (C=O) groups is 1. The van der Waals surface area contributed by atoms with Crippen molar-refractivity contribution in [2.24, 2.45) is 0 Å². The van der Waals surface area contributed by atoms with E-state index < -0.39 is 12.0 Å². The Bertz CT molecular complexity index is 392. The minimum atomic E-state index is -0.907. The van der Waals surface area contributed by atoms with Crippen molar-refractivity contribution in [1.29, 1.82) is 0 Å². The highest BCUT2D eigenvalue weighted by Gasteiger charge is 2.21. The summed E-state index contributed by atoms with van der Waals surface area (Å²) in [7, 11) is 0. The van der Waals surface area contributed by atoms with Crippen molar-refractivity contribution in [3.8, 4) is 0 Å². The summed E-state index contributed by atoms with van der Waals surface area (Å²) >= 11 is 0. The number of hydrogen-bond acceptors (Lipinski definition) is 5. The summed E-state index contributed by atoms with van der Waals surface area (Å²) in [6.45, 7) is 1.57. The molecule has 0 saturated heterocycles. The van der Waals surface area contributed by atoms with E-state index >= 15 is 0 Å². The summed E-state index contributed by atoms with van der Waals surface area (Å²) in [5.74, 6) is 0.348. The van der Waals surface area contributed by atoms with Crippen LogP contribution in [0.3, 0.4) is 0 Å². The third kappa shape index (κ3) is 2.82. The molecule has 0 bridgehead atoms. The molecule has 0 radical (unpaired) electrons. The molecular weight excluding hydrogens is 208 g/mol. The first-order chi connectivity index (χ1) is 7.65. The molecule has 0 amide bonds. The van der Waals surface area contributed by atoms with Crippen LogP contribution in [0.25, 0.3) is 0 Å². The van der Waals surface area contributed by atoms with E-state index in [1.54, 1.807) is 13.0 Å². The SMILES string of the molecule is C[C@@H](Nc1cc(NC2CC2)ncn1)C(=O)O. The lowest BCUT2D eigenvalue weighted by Crippen LogP contribution is -2.25. The van der Waals surface area contributed by atoms with E-state index in [1.807, 2.05) is 0 Å². The molecule has 1 fully saturated rings. The Morgan fingerprint density at radius 3 is 2.81 bits per heavy atom. The maximum atomic E-state index is 10.7. The van der Waals surface area contributed by atoms with Crippen molar-refractivity contribution in [3.63, 3.8) is 0 Å². The van der Waals surface area contributed by atoms with Gasteiger partial charge in [0, 0.05) is 12.1 Å². The molecule has 0 spiro atoms. The highest BCUT2D eigenvalue weighted by atomic mass is 16.4. The molecule has 6 nitrogen and oxygen atoms in total. The van der Waals surface area contributed by atoms with Gasteiger partial charge in [-0.25, -0.2) is 9.97 Å². The molecule has 1 heterocycles. The lowest BCUT2D eigenvalue weighted by atomic mass is 10.3. The second-order valence-electron chi connectivity index (χ2n) is 3.91. The summed E-state index contributed by atoms with van der Waals surface area (Å²) in [5, 5.41) is 14.8. The number of carboxylic acid groups (broad SMARTS) is 1. The predicted molar refractivity (Wildman–Crippen MR) is 59.4 cm³/mol. The lowest BCUT2D eigenvalue weighted by molar-refractivity contribution is -0.137. The lowest BCUT2D eigenvalue weighted by Gasteiger charge is -2.10. The molecule has 3 N–H and O–H groups in total. The van der Waals surface area contributed by atoms with Gasteiger partial charge in [0.15, 0.2) is 0 Å². The fourth-order valence-electron chi connectivity index (χ4n) is 1.24. The molecule has 16 heavy (non-hydrogen) atoms. The zero-order valence-electron chi connectivity index (χ0n) is 8.97. The molecule has 6 heteroatoms. The summed E-state index contributed by atoms with van der Waals surface area (Å²) in [5.41, 5.74) is 0. The Balaban J connectivity index is 2.00. The van der Waals surface area contributed by atoms with E-state index in [4.69, 9.17) is 5.11 Å². The van der Waals surface area contributed by atoms with Crippen LogP contribution in [0.4, 0.5) is 11.6 Å². The molecule has 1 aliphatic carbocycles. The molecule has 1 aromatic rings. The maximum absolute atomic E-state index is 10.7. The van der Waals surface area contributed by atoms with Crippen molar-refractivity contribution < 1.29 is 9.90 Å². The Morgan fingerprint density at radius 2 is 2.19 bits per heavy atom. The largest absolute Gasteiger partial charge is 0.480 e. The molecule has 1 saturated carbocycles. The zero-order chi connectivity index (χ0) is 11.5. The molecule has 2 rings (SSSR count). The van der Waals surface area contributed by atoms with Gasteiger partial charge in [0.25, 0.3) is 0 Å². The third-order valence-electron chi connectivity index (χ3n) is 2.33. The van der Waals surface area contributed by atoms with Crippen LogP contribution in [0, 0.1) is 0 Å². The number of nitrogens with zero attached hydrogens (tertiary/aromatic N) is 2. The molecule has 1 atom stereocenters. The van der Waals surface area contributed by atoms with Crippen LogP contribution in [0.15, 0.2) is 12.4 Å². The molecule has 1 aromatic heterocycles. The van der Waals surface area contributed by atoms with Gasteiger partial charge < -0.3 is 15.7 Å². The van der Waals surface area contributed by atoms with Gasteiger partial charge in [-0.1, -0.05) is 0 Å². The Labute approximate surface area is 93.1 Å². The normalized spacial score (nSPS) is 16.6. The Hall–Kier alpha value is -1.85. The van der Waals surface area contributed by atoms with Crippen molar-refractivity contribution >= 4 is 17.6 Å². The van der Waals surface area contributed by atoms with E-state index in [0.717, 1.165) is 18.7 Å². The van der Waals surface area contributed by atoms with Gasteiger partial charge in [-0.15, -0.1) is 0 Å². The summed E-state index contributed by atoms with van der Waals surface area (Å²) in [6, 6.07) is 1.57. The minimum Gasteiger partial charge on any atom is -0.480 e. The first-order valence-corrected chi connectivity index (χ1v) is 5.23. The van der Waals surface area contributed by atoms with Crippen molar-refractivity contribution in [1.82, 2.24) is 9.97 Å². The van der Waals surface area contributed by atoms with Crippen LogP contribution >= 0.6 is 0 Å². The number of aliphatic carboxylic acids is 1. The molecule has 0 aromatic carbocycles. The van der Waals surface area contributed by atoms with Gasteiger partial charge in [-0.3, -0.25) is 4.79 Å². The quantitative estimate of drug-likeness (QED) is 0.687. The molecular formula is C10H14N4O2. The zero-order valence-corrected chi connectivity index (χ0v) is 8.97. The van der Waals surface area contributed by atoms with E-state index in [9.17, 15) is 4.79 Å². The highest BCUT2D eigenvalue weighted by Crippen LogP contribution is 2.24. The van der Waals surface area contributed by atoms with Gasteiger partial charge in [0.05, 0.1) is 0 Å². The molecule has 1 aliphatic rings. The maximum Gasteiger partial charge on any atom is 0.325 e. The van der Waals surface area contributed by atoms with Gasteiger partial charge in [0.2, 0.25) is 0 Å². The fourth-order valence-corrected chi connectivity index (χ4v) is 1.24. The molecule has 0 unspecified atom stereocenters. The van der Waals surface area contributed by atoms with Gasteiger partial charge >= 0.3 is 5.97 Å². The Morgan fingerprint density at radius 1 is 1.50 bits per heavy atom. The molecule has 0 aliphatic heterocycles.